The fourth-order valence-corrected chi connectivity index (χ4v) is 1.42. The van der Waals surface area contributed by atoms with Crippen LogP contribution in [0.25, 0.3) is 12.2 Å². The van der Waals surface area contributed by atoms with Crippen molar-refractivity contribution in [3.8, 4) is 0 Å². The number of allylic oxidation sites excluding steroid dienone is 3. The van der Waals surface area contributed by atoms with Crippen LogP contribution in [-0.2, 0) is 0 Å². The van der Waals surface area contributed by atoms with E-state index in [1.807, 2.05) is 42.8 Å². The fourth-order valence-electron chi connectivity index (χ4n) is 0.800. The molecule has 0 saturated heterocycles. The van der Waals surface area contributed by atoms with Crippen LogP contribution in [0.4, 0.5) is 0 Å². The highest BCUT2D eigenvalue weighted by molar-refractivity contribution is 7.10. The summed E-state index contributed by atoms with van der Waals surface area (Å²) >= 11 is 1.60. The van der Waals surface area contributed by atoms with Gasteiger partial charge >= 0.3 is 0 Å². The number of rotatable bonds is 3. The van der Waals surface area contributed by atoms with Crippen LogP contribution in [-0.4, -0.2) is 4.98 Å². The lowest BCUT2D eigenvalue weighted by molar-refractivity contribution is 1.38. The Morgan fingerprint density at radius 2 is 2.33 bits per heavy atom. The first-order valence-electron chi connectivity index (χ1n) is 3.73. The summed E-state index contributed by atoms with van der Waals surface area (Å²) in [6.07, 6.45) is 9.74. The molecule has 0 amide bonds. The van der Waals surface area contributed by atoms with E-state index in [4.69, 9.17) is 0 Å². The molecule has 0 unspecified atom stereocenters. The molecule has 2 heteroatoms. The summed E-state index contributed by atoms with van der Waals surface area (Å²) in [5.74, 6) is 0. The summed E-state index contributed by atoms with van der Waals surface area (Å²) in [4.78, 5) is 5.31. The maximum Gasteiger partial charge on any atom is 0.0811 e. The zero-order valence-electron chi connectivity index (χ0n) is 7.03. The second-order valence-corrected chi connectivity index (χ2v) is 3.08. The lowest BCUT2D eigenvalue weighted by atomic mass is 10.3. The molecule has 1 aromatic rings. The van der Waals surface area contributed by atoms with Gasteiger partial charge in [-0.3, -0.25) is 0 Å². The van der Waals surface area contributed by atoms with E-state index >= 15 is 0 Å². The van der Waals surface area contributed by atoms with Crippen molar-refractivity contribution in [3.63, 3.8) is 0 Å². The van der Waals surface area contributed by atoms with Gasteiger partial charge in [0.25, 0.3) is 0 Å². The Labute approximate surface area is 76.8 Å². The zero-order valence-corrected chi connectivity index (χ0v) is 7.84. The van der Waals surface area contributed by atoms with Gasteiger partial charge in [-0.15, -0.1) is 11.3 Å². The first-order chi connectivity index (χ1) is 5.88. The molecule has 0 N–H and O–H groups in total. The minimum atomic E-state index is 0.994. The minimum Gasteiger partial charge on any atom is -0.245 e. The van der Waals surface area contributed by atoms with Crippen LogP contribution in [0.15, 0.2) is 30.3 Å². The Hall–Kier alpha value is -1.15. The quantitative estimate of drug-likeness (QED) is 0.645. The molecular formula is C10H11NS. The molecule has 0 radical (unpaired) electrons. The molecule has 0 aromatic carbocycles. The van der Waals surface area contributed by atoms with Crippen LogP contribution in [0, 0.1) is 0 Å². The number of hydrogen-bond donors (Lipinski definition) is 0. The Bertz CT molecular complexity index is 307. The molecule has 0 aliphatic carbocycles. The normalized spacial score (nSPS) is 11.4. The topological polar surface area (TPSA) is 12.9 Å². The summed E-state index contributed by atoms with van der Waals surface area (Å²) in [7, 11) is 0. The molecule has 12 heavy (non-hydrogen) atoms. The SMILES string of the molecule is C=Cc1scnc1/C=C\C=C\C. The monoisotopic (exact) mass is 177 g/mol. The predicted molar refractivity (Wildman–Crippen MR) is 56.1 cm³/mol. The van der Waals surface area contributed by atoms with E-state index in [0.29, 0.717) is 0 Å². The van der Waals surface area contributed by atoms with Crippen LogP contribution >= 0.6 is 11.3 Å². The third-order valence-electron chi connectivity index (χ3n) is 1.37. The van der Waals surface area contributed by atoms with Crippen molar-refractivity contribution in [2.24, 2.45) is 0 Å². The van der Waals surface area contributed by atoms with Gasteiger partial charge in [-0.1, -0.05) is 24.8 Å². The molecule has 0 spiro atoms. The maximum absolute atomic E-state index is 4.19. The van der Waals surface area contributed by atoms with Crippen LogP contribution in [0.3, 0.4) is 0 Å². The molecule has 0 aliphatic heterocycles. The van der Waals surface area contributed by atoms with E-state index in [1.54, 1.807) is 11.3 Å². The van der Waals surface area contributed by atoms with Crippen molar-refractivity contribution in [2.45, 2.75) is 6.92 Å². The van der Waals surface area contributed by atoms with Crippen LogP contribution < -0.4 is 0 Å². The average Bonchev–Trinajstić information content (AvgIpc) is 2.52. The second-order valence-electron chi connectivity index (χ2n) is 2.19. The number of thiazole rings is 1. The lowest BCUT2D eigenvalue weighted by Gasteiger charge is -1.85. The lowest BCUT2D eigenvalue weighted by Crippen LogP contribution is -1.72. The summed E-state index contributed by atoms with van der Waals surface area (Å²) in [5.41, 5.74) is 2.82. The summed E-state index contributed by atoms with van der Waals surface area (Å²) in [6.45, 7) is 5.70. The standard InChI is InChI=1S/C10H11NS/c1-3-5-6-7-9-10(4-2)12-8-11-9/h3-8H,2H2,1H3/b5-3+,7-6-. The van der Waals surface area contributed by atoms with Crippen molar-refractivity contribution < 1.29 is 0 Å². The van der Waals surface area contributed by atoms with Gasteiger partial charge in [-0.2, -0.15) is 0 Å². The van der Waals surface area contributed by atoms with Crippen molar-refractivity contribution in [1.82, 2.24) is 4.98 Å². The molecule has 0 saturated carbocycles. The third kappa shape index (κ3) is 2.17. The molecule has 1 aromatic heterocycles. The van der Waals surface area contributed by atoms with Gasteiger partial charge < -0.3 is 0 Å². The van der Waals surface area contributed by atoms with Crippen molar-refractivity contribution in [2.75, 3.05) is 0 Å². The highest BCUT2D eigenvalue weighted by Crippen LogP contribution is 2.15. The Morgan fingerprint density at radius 1 is 1.50 bits per heavy atom. The van der Waals surface area contributed by atoms with E-state index < -0.39 is 0 Å². The molecule has 62 valence electrons. The molecule has 0 bridgehead atoms. The van der Waals surface area contributed by atoms with Gasteiger partial charge in [-0.05, 0) is 19.1 Å². The Morgan fingerprint density at radius 3 is 3.00 bits per heavy atom. The molecule has 0 atom stereocenters. The van der Waals surface area contributed by atoms with Gasteiger partial charge in [-0.25, -0.2) is 4.98 Å². The number of aromatic nitrogens is 1. The predicted octanol–water partition coefficient (Wildman–Crippen LogP) is 3.38. The Kier molecular flexibility index (Phi) is 3.48. The first-order valence-corrected chi connectivity index (χ1v) is 4.61. The molecule has 0 fully saturated rings. The van der Waals surface area contributed by atoms with Gasteiger partial charge in [0.05, 0.1) is 16.1 Å². The first kappa shape index (κ1) is 8.94. The van der Waals surface area contributed by atoms with Crippen LogP contribution in [0.5, 0.6) is 0 Å². The number of nitrogens with zero attached hydrogens (tertiary/aromatic N) is 1. The van der Waals surface area contributed by atoms with Crippen molar-refractivity contribution in [3.05, 3.63) is 40.9 Å². The number of hydrogen-bond acceptors (Lipinski definition) is 2. The van der Waals surface area contributed by atoms with Gasteiger partial charge in [0.2, 0.25) is 0 Å². The fraction of sp³-hybridized carbons (Fsp3) is 0.100. The van der Waals surface area contributed by atoms with E-state index in [0.717, 1.165) is 10.6 Å². The second kappa shape index (κ2) is 4.67. The smallest absolute Gasteiger partial charge is 0.0811 e. The highest BCUT2D eigenvalue weighted by atomic mass is 32.1. The van der Waals surface area contributed by atoms with Crippen molar-refractivity contribution >= 4 is 23.5 Å². The summed E-state index contributed by atoms with van der Waals surface area (Å²) in [5, 5.41) is 0. The molecule has 0 aliphatic rings. The molecule has 1 nitrogen and oxygen atoms in total. The zero-order chi connectivity index (χ0) is 8.81. The van der Waals surface area contributed by atoms with Gasteiger partial charge in [0.1, 0.15) is 0 Å². The van der Waals surface area contributed by atoms with Crippen LogP contribution in [0.2, 0.25) is 0 Å². The summed E-state index contributed by atoms with van der Waals surface area (Å²) < 4.78 is 0. The van der Waals surface area contributed by atoms with E-state index in [2.05, 4.69) is 11.6 Å². The third-order valence-corrected chi connectivity index (χ3v) is 2.21. The average molecular weight is 177 g/mol. The Balaban J connectivity index is 2.80. The molecule has 1 rings (SSSR count). The maximum atomic E-state index is 4.19. The van der Waals surface area contributed by atoms with E-state index in [1.165, 1.54) is 0 Å². The minimum absolute atomic E-state index is 0.994. The molecule has 1 heterocycles. The van der Waals surface area contributed by atoms with E-state index in [9.17, 15) is 0 Å². The van der Waals surface area contributed by atoms with Gasteiger partial charge in [0.15, 0.2) is 0 Å². The summed E-state index contributed by atoms with van der Waals surface area (Å²) in [6, 6.07) is 0. The van der Waals surface area contributed by atoms with Gasteiger partial charge in [0, 0.05) is 0 Å². The van der Waals surface area contributed by atoms with Crippen LogP contribution in [0.1, 0.15) is 17.5 Å². The van der Waals surface area contributed by atoms with Crippen molar-refractivity contribution in [1.29, 1.82) is 0 Å². The van der Waals surface area contributed by atoms with E-state index in [-0.39, 0.29) is 0 Å². The highest BCUT2D eigenvalue weighted by Gasteiger charge is 1.95. The molecular weight excluding hydrogens is 166 g/mol. The largest absolute Gasteiger partial charge is 0.245 e.